The zero-order chi connectivity index (χ0) is 63.5. The zero-order valence-corrected chi connectivity index (χ0v) is 50.6. The number of hydrogen-bond acceptors (Lipinski definition) is 16. The first-order valence-electron chi connectivity index (χ1n) is 29.3. The zero-order valence-electron chi connectivity index (χ0n) is 50.6. The number of carbonyl (C=O) groups is 12. The van der Waals surface area contributed by atoms with E-state index in [-0.39, 0.29) is 19.4 Å². The lowest BCUT2D eigenvalue weighted by molar-refractivity contribution is -0.151. The fraction of sp³-hybridized carbons (Fsp3) is 0.750. The van der Waals surface area contributed by atoms with E-state index in [2.05, 4.69) is 49.5 Å². The Kier molecular flexibility index (Phi) is 32.1. The fourth-order valence-electron chi connectivity index (χ4n) is 9.90. The Morgan fingerprint density at radius 1 is 0.679 bits per heavy atom. The predicted octanol–water partition coefficient (Wildman–Crippen LogP) is -2.24. The summed E-state index contributed by atoms with van der Waals surface area (Å²) in [5, 5.41) is 52.7. The number of carbonyl (C=O) groups excluding carboxylic acids is 12. The third kappa shape index (κ3) is 23.3. The van der Waals surface area contributed by atoms with Gasteiger partial charge in [-0.1, -0.05) is 98.0 Å². The molecule has 28 heteroatoms. The number of hydrogen-bond donors (Lipinski definition) is 13. The van der Waals surface area contributed by atoms with Crippen molar-refractivity contribution in [3.8, 4) is 0 Å². The lowest BCUT2D eigenvalue weighted by Gasteiger charge is -2.36. The first-order chi connectivity index (χ1) is 39.5. The lowest BCUT2D eigenvalue weighted by Crippen LogP contribution is -2.62. The monoisotopic (exact) mass is 1190 g/mol. The van der Waals surface area contributed by atoms with Crippen LogP contribution in [0.1, 0.15) is 158 Å². The van der Waals surface area contributed by atoms with Gasteiger partial charge in [0.15, 0.2) is 6.10 Å². The van der Waals surface area contributed by atoms with Gasteiger partial charge in [-0.2, -0.15) is 0 Å². The smallest absolute Gasteiger partial charge is 0.268 e. The van der Waals surface area contributed by atoms with E-state index in [4.69, 9.17) is 16.2 Å². The van der Waals surface area contributed by atoms with E-state index in [0.29, 0.717) is 12.8 Å². The van der Waals surface area contributed by atoms with Gasteiger partial charge in [-0.05, 0) is 65.2 Å². The molecule has 476 valence electrons. The predicted molar refractivity (Wildman–Crippen MR) is 306 cm³/mol. The normalized spacial score (nSPS) is 26.7. The van der Waals surface area contributed by atoms with Crippen molar-refractivity contribution in [3.63, 3.8) is 0 Å². The molecule has 28 nitrogen and oxygen atoms in total. The summed E-state index contributed by atoms with van der Waals surface area (Å²) in [5.74, 6) is -13.6. The van der Waals surface area contributed by atoms with Crippen molar-refractivity contribution >= 4 is 70.9 Å². The molecule has 13 unspecified atom stereocenters. The number of ether oxygens (including phenoxy) is 1. The average molecular weight is 1190 g/mol. The number of primary amides is 2. The maximum absolute atomic E-state index is 14.7. The Hall–Kier alpha value is -6.78. The summed E-state index contributed by atoms with van der Waals surface area (Å²) >= 11 is 0. The van der Waals surface area contributed by atoms with Crippen LogP contribution < -0.4 is 54.0 Å². The molecule has 2 aliphatic rings. The van der Waals surface area contributed by atoms with Crippen molar-refractivity contribution in [2.45, 2.75) is 231 Å². The van der Waals surface area contributed by atoms with Gasteiger partial charge in [-0.15, -0.1) is 0 Å². The number of methoxy groups -OCH3 is 1. The molecule has 0 aromatic rings. The summed E-state index contributed by atoms with van der Waals surface area (Å²) in [6.45, 7) is 11.1. The third-order valence-electron chi connectivity index (χ3n) is 15.2. The van der Waals surface area contributed by atoms with E-state index in [1.54, 1.807) is 20.8 Å². The van der Waals surface area contributed by atoms with Crippen LogP contribution in [0.4, 0.5) is 0 Å². The Bertz CT molecular complexity index is 2300. The summed E-state index contributed by atoms with van der Waals surface area (Å²) in [5.41, 5.74) is 10.5. The molecule has 0 aliphatic carbocycles. The molecule has 2 saturated heterocycles. The molecule has 2 aliphatic heterocycles. The quantitative estimate of drug-likeness (QED) is 0.0403. The summed E-state index contributed by atoms with van der Waals surface area (Å²) in [7, 11) is 2.39. The van der Waals surface area contributed by atoms with Crippen LogP contribution >= 0.6 is 0 Å². The molecule has 2 fully saturated rings. The van der Waals surface area contributed by atoms with Crippen LogP contribution in [-0.4, -0.2) is 196 Å². The van der Waals surface area contributed by atoms with Crippen LogP contribution in [0, 0.1) is 11.8 Å². The third-order valence-corrected chi connectivity index (χ3v) is 15.2. The van der Waals surface area contributed by atoms with Crippen molar-refractivity contribution in [1.29, 1.82) is 0 Å². The van der Waals surface area contributed by atoms with E-state index < -0.39 is 187 Å². The molecule has 0 aromatic carbocycles. The first kappa shape index (κ1) is 73.3. The summed E-state index contributed by atoms with van der Waals surface area (Å²) in [4.78, 5) is 167. The molecule has 84 heavy (non-hydrogen) atoms. The van der Waals surface area contributed by atoms with Crippen molar-refractivity contribution in [1.82, 2.24) is 52.3 Å². The average Bonchev–Trinajstić information content (AvgIpc) is 4.08. The molecule has 2 heterocycles. The van der Waals surface area contributed by atoms with Crippen molar-refractivity contribution in [3.05, 3.63) is 11.8 Å². The molecule has 0 aromatic heterocycles. The van der Waals surface area contributed by atoms with Gasteiger partial charge in [0.1, 0.15) is 48.0 Å². The number of amides is 12. The number of aliphatic hydroxyl groups is 3. The SMILES string of the molecule is CC=C1NC(=O)C(C(C)C)NC(=O)C(O)C(C(C)CCCCCCCCCCCC)NC(=O)C2CCCN2C(=O)C(CC(N)=O)N(C)C(=O)C(C(C)OC)NC(=O)CNC(=O)C(CCC(N)=O)NC(=O)C(C(C)O)NC(=O)C(C(C)O)NC1=O. The van der Waals surface area contributed by atoms with Gasteiger partial charge < -0.3 is 83.9 Å². The van der Waals surface area contributed by atoms with Gasteiger partial charge in [0.25, 0.3) is 11.8 Å². The van der Waals surface area contributed by atoms with Gasteiger partial charge in [0.2, 0.25) is 59.1 Å². The number of fused-ring (bicyclic) bond motifs is 1. The highest BCUT2D eigenvalue weighted by molar-refractivity contribution is 6.03. The number of nitrogens with zero attached hydrogens (tertiary/aromatic N) is 2. The van der Waals surface area contributed by atoms with E-state index in [1.165, 1.54) is 47.3 Å². The second kappa shape index (κ2) is 36.8. The van der Waals surface area contributed by atoms with Gasteiger partial charge in [0.05, 0.1) is 37.3 Å². The van der Waals surface area contributed by atoms with Crippen molar-refractivity contribution in [2.24, 2.45) is 23.3 Å². The van der Waals surface area contributed by atoms with Crippen LogP contribution in [-0.2, 0) is 62.3 Å². The number of nitrogens with two attached hydrogens (primary N) is 2. The molecule has 0 radical (unpaired) electrons. The second-order valence-electron chi connectivity index (χ2n) is 22.4. The van der Waals surface area contributed by atoms with E-state index in [9.17, 15) is 72.9 Å². The number of allylic oxidation sites excluding steroid dienone is 1. The largest absolute Gasteiger partial charge is 0.391 e. The van der Waals surface area contributed by atoms with Gasteiger partial charge in [-0.3, -0.25) is 57.5 Å². The van der Waals surface area contributed by atoms with E-state index in [1.807, 2.05) is 0 Å². The molecular formula is C56H96N12O16. The Morgan fingerprint density at radius 2 is 1.24 bits per heavy atom. The molecule has 2 rings (SSSR count). The number of likely N-dealkylation sites (N-methyl/N-ethyl adjacent to an activating group) is 1. The first-order valence-corrected chi connectivity index (χ1v) is 29.3. The minimum Gasteiger partial charge on any atom is -0.391 e. The second-order valence-corrected chi connectivity index (χ2v) is 22.4. The number of rotatable bonds is 22. The lowest BCUT2D eigenvalue weighted by atomic mass is 9.90. The highest BCUT2D eigenvalue weighted by atomic mass is 16.5. The Labute approximate surface area is 492 Å². The molecular weight excluding hydrogens is 1100 g/mol. The fourth-order valence-corrected chi connectivity index (χ4v) is 9.90. The van der Waals surface area contributed by atoms with Crippen LogP contribution in [0.2, 0.25) is 0 Å². The molecule has 0 saturated carbocycles. The maximum Gasteiger partial charge on any atom is 0.268 e. The summed E-state index contributed by atoms with van der Waals surface area (Å²) in [6, 6.07) is -12.7. The highest BCUT2D eigenvalue weighted by Crippen LogP contribution is 2.25. The van der Waals surface area contributed by atoms with Crippen LogP contribution in [0.3, 0.4) is 0 Å². The number of nitrogens with one attached hydrogen (secondary N) is 8. The topological polar surface area (TPSA) is 430 Å². The Balaban J connectivity index is 2.77. The molecule has 0 spiro atoms. The minimum atomic E-state index is -2.01. The number of aliphatic hydroxyl groups excluding tert-OH is 3. The van der Waals surface area contributed by atoms with Gasteiger partial charge >= 0.3 is 0 Å². The van der Waals surface area contributed by atoms with Gasteiger partial charge in [-0.25, -0.2) is 0 Å². The van der Waals surface area contributed by atoms with E-state index in [0.717, 1.165) is 68.2 Å². The van der Waals surface area contributed by atoms with Crippen LogP contribution in [0.25, 0.3) is 0 Å². The summed E-state index contributed by atoms with van der Waals surface area (Å²) in [6.07, 6.45) is 4.05. The molecule has 0 bridgehead atoms. The van der Waals surface area contributed by atoms with Crippen LogP contribution in [0.15, 0.2) is 11.8 Å². The maximum atomic E-state index is 14.7. The van der Waals surface area contributed by atoms with E-state index >= 15 is 0 Å². The van der Waals surface area contributed by atoms with Gasteiger partial charge in [0, 0.05) is 27.1 Å². The van der Waals surface area contributed by atoms with Crippen LogP contribution in [0.5, 0.6) is 0 Å². The Morgan fingerprint density at radius 3 is 1.77 bits per heavy atom. The molecule has 12 amide bonds. The minimum absolute atomic E-state index is 0.0329. The number of unbranched alkanes of at least 4 members (excludes halogenated alkanes) is 9. The summed E-state index contributed by atoms with van der Waals surface area (Å²) < 4.78 is 5.41. The molecule has 15 N–H and O–H groups in total. The standard InChI is InChI=1S/C56H96N12O16/c1-11-13-14-15-16-17-18-19-20-21-23-31(5)43-47(74)54(81)63-42(30(3)4)51(78)60-35(12-2)49(76)65-45(33(7)70)53(80)66-44(32(6)69)52(79)61-36(25-26-39(57)71)48(75)59-29-41(73)62-46(34(8)84-10)56(83)67(9)38(28-40(58)72)55(82)68-27-22-24-37(68)50(77)64-43/h12,30-34,36-38,42-47,69-70,74H,11,13-29H2,1-10H3,(H2,57,71)(H2,58,72)(H,59,75)(H,60,78)(H,61,79)(H,62,73)(H,63,81)(H,64,77)(H,65,76)(H,66,80). The van der Waals surface area contributed by atoms with Crippen molar-refractivity contribution < 1.29 is 77.6 Å². The van der Waals surface area contributed by atoms with Crippen molar-refractivity contribution in [2.75, 3.05) is 27.2 Å². The highest BCUT2D eigenvalue weighted by Gasteiger charge is 2.44. The molecule has 13 atom stereocenters.